The van der Waals surface area contributed by atoms with Crippen LogP contribution in [0.3, 0.4) is 0 Å². The zero-order valence-electron chi connectivity index (χ0n) is 12.2. The number of rotatable bonds is 9. The summed E-state index contributed by atoms with van der Waals surface area (Å²) in [7, 11) is 1.97. The second-order valence-electron chi connectivity index (χ2n) is 5.10. The first kappa shape index (κ1) is 15.2. The molecule has 1 rings (SSSR count). The summed E-state index contributed by atoms with van der Waals surface area (Å²) in [5.41, 5.74) is 2.48. The summed E-state index contributed by atoms with van der Waals surface area (Å²) in [5.74, 6) is 0.723. The maximum absolute atomic E-state index is 5.56. The summed E-state index contributed by atoms with van der Waals surface area (Å²) in [6, 6.07) is 0. The van der Waals surface area contributed by atoms with Gasteiger partial charge in [0.25, 0.3) is 0 Å². The van der Waals surface area contributed by atoms with Gasteiger partial charge in [0.15, 0.2) is 0 Å². The summed E-state index contributed by atoms with van der Waals surface area (Å²) >= 11 is 0. The Bertz CT molecular complexity index is 334. The summed E-state index contributed by atoms with van der Waals surface area (Å²) in [6.45, 7) is 10.0. The minimum Gasteiger partial charge on any atom is -0.380 e. The summed E-state index contributed by atoms with van der Waals surface area (Å²) in [6.07, 6.45) is 4.22. The highest BCUT2D eigenvalue weighted by atomic mass is 16.5. The fourth-order valence-electron chi connectivity index (χ4n) is 1.82. The summed E-state index contributed by atoms with van der Waals surface area (Å²) < 4.78 is 7.44. The van der Waals surface area contributed by atoms with Gasteiger partial charge in [-0.05, 0) is 18.8 Å². The van der Waals surface area contributed by atoms with Crippen molar-refractivity contribution in [3.05, 3.63) is 17.5 Å². The number of aryl methyl sites for hydroxylation is 2. The molecule has 0 spiro atoms. The molecule has 0 aliphatic rings. The monoisotopic (exact) mass is 253 g/mol. The van der Waals surface area contributed by atoms with Crippen molar-refractivity contribution in [2.75, 3.05) is 19.8 Å². The van der Waals surface area contributed by atoms with Crippen LogP contribution in [-0.2, 0) is 24.8 Å². The molecule has 0 aromatic carbocycles. The molecule has 0 fully saturated rings. The van der Waals surface area contributed by atoms with E-state index in [1.165, 1.54) is 11.3 Å². The van der Waals surface area contributed by atoms with Gasteiger partial charge < -0.3 is 10.1 Å². The van der Waals surface area contributed by atoms with E-state index in [4.69, 9.17) is 4.74 Å². The molecule has 0 saturated carbocycles. The van der Waals surface area contributed by atoms with E-state index in [1.54, 1.807) is 0 Å². The highest BCUT2D eigenvalue weighted by Gasteiger charge is 2.04. The van der Waals surface area contributed by atoms with Gasteiger partial charge in [0.05, 0.1) is 12.3 Å². The van der Waals surface area contributed by atoms with E-state index < -0.39 is 0 Å². The Labute approximate surface area is 111 Å². The summed E-state index contributed by atoms with van der Waals surface area (Å²) in [5, 5.41) is 7.82. The molecule has 4 heteroatoms. The van der Waals surface area contributed by atoms with Crippen LogP contribution in [0.4, 0.5) is 0 Å². The number of nitrogens with zero attached hydrogens (tertiary/aromatic N) is 2. The van der Waals surface area contributed by atoms with E-state index in [9.17, 15) is 0 Å². The van der Waals surface area contributed by atoms with Gasteiger partial charge in [0.2, 0.25) is 0 Å². The Kier molecular flexibility index (Phi) is 6.98. The maximum Gasteiger partial charge on any atom is 0.0666 e. The first-order valence-electron chi connectivity index (χ1n) is 6.93. The predicted molar refractivity (Wildman–Crippen MR) is 74.6 cm³/mol. The van der Waals surface area contributed by atoms with Crippen molar-refractivity contribution in [3.63, 3.8) is 0 Å². The quantitative estimate of drug-likeness (QED) is 0.685. The topological polar surface area (TPSA) is 39.1 Å². The second kappa shape index (κ2) is 8.27. The van der Waals surface area contributed by atoms with Crippen molar-refractivity contribution < 1.29 is 4.74 Å². The molecular formula is C14H27N3O. The van der Waals surface area contributed by atoms with E-state index in [1.807, 2.05) is 11.7 Å². The van der Waals surface area contributed by atoms with E-state index in [0.29, 0.717) is 0 Å². The molecule has 0 aliphatic heterocycles. The molecule has 0 amide bonds. The zero-order chi connectivity index (χ0) is 13.4. The van der Waals surface area contributed by atoms with Crippen LogP contribution in [0.5, 0.6) is 0 Å². The summed E-state index contributed by atoms with van der Waals surface area (Å²) in [4.78, 5) is 0. The first-order chi connectivity index (χ1) is 8.63. The highest BCUT2D eigenvalue weighted by molar-refractivity contribution is 5.16. The Morgan fingerprint density at radius 2 is 2.17 bits per heavy atom. The van der Waals surface area contributed by atoms with E-state index in [0.717, 1.165) is 45.1 Å². The van der Waals surface area contributed by atoms with Crippen LogP contribution in [0.1, 0.15) is 38.4 Å². The van der Waals surface area contributed by atoms with Crippen LogP contribution < -0.4 is 5.32 Å². The maximum atomic E-state index is 5.56. The molecule has 1 N–H and O–H groups in total. The van der Waals surface area contributed by atoms with E-state index >= 15 is 0 Å². The van der Waals surface area contributed by atoms with Crippen LogP contribution in [-0.4, -0.2) is 29.5 Å². The average Bonchev–Trinajstić information content (AvgIpc) is 2.68. The van der Waals surface area contributed by atoms with Gasteiger partial charge in [0.1, 0.15) is 0 Å². The SMILES string of the molecule is CCc1nn(C)cc1CNCCOCCC(C)C. The molecule has 104 valence electrons. The smallest absolute Gasteiger partial charge is 0.0666 e. The van der Waals surface area contributed by atoms with Gasteiger partial charge in [-0.2, -0.15) is 5.10 Å². The third-order valence-corrected chi connectivity index (χ3v) is 2.90. The standard InChI is InChI=1S/C14H27N3O/c1-5-14-13(11-17(4)16-14)10-15-7-9-18-8-6-12(2)3/h11-12,15H,5-10H2,1-4H3. The lowest BCUT2D eigenvalue weighted by atomic mass is 10.1. The lowest BCUT2D eigenvalue weighted by Crippen LogP contribution is -2.20. The van der Waals surface area contributed by atoms with Gasteiger partial charge in [0, 0.05) is 38.5 Å². The van der Waals surface area contributed by atoms with Gasteiger partial charge >= 0.3 is 0 Å². The largest absolute Gasteiger partial charge is 0.380 e. The Balaban J connectivity index is 2.10. The lowest BCUT2D eigenvalue weighted by molar-refractivity contribution is 0.125. The normalized spacial score (nSPS) is 11.4. The lowest BCUT2D eigenvalue weighted by Gasteiger charge is -2.07. The molecule has 0 unspecified atom stereocenters. The average molecular weight is 253 g/mol. The molecule has 4 nitrogen and oxygen atoms in total. The van der Waals surface area contributed by atoms with Crippen LogP contribution in [0, 0.1) is 5.92 Å². The molecule has 1 aromatic heterocycles. The van der Waals surface area contributed by atoms with Crippen LogP contribution in [0.15, 0.2) is 6.20 Å². The predicted octanol–water partition coefficient (Wildman–Crippen LogP) is 2.13. The molecule has 0 saturated heterocycles. The Hall–Kier alpha value is -0.870. The van der Waals surface area contributed by atoms with Crippen molar-refractivity contribution in [1.29, 1.82) is 0 Å². The van der Waals surface area contributed by atoms with Gasteiger partial charge in [-0.25, -0.2) is 0 Å². The van der Waals surface area contributed by atoms with Crippen LogP contribution >= 0.6 is 0 Å². The van der Waals surface area contributed by atoms with Crippen molar-refractivity contribution in [2.24, 2.45) is 13.0 Å². The molecule has 0 bridgehead atoms. The molecule has 1 aromatic rings. The van der Waals surface area contributed by atoms with Crippen molar-refractivity contribution in [1.82, 2.24) is 15.1 Å². The van der Waals surface area contributed by atoms with E-state index in [-0.39, 0.29) is 0 Å². The third kappa shape index (κ3) is 5.65. The van der Waals surface area contributed by atoms with Gasteiger partial charge in [-0.3, -0.25) is 4.68 Å². The molecule has 18 heavy (non-hydrogen) atoms. The Morgan fingerprint density at radius 1 is 1.39 bits per heavy atom. The fraction of sp³-hybridized carbons (Fsp3) is 0.786. The molecule has 0 atom stereocenters. The number of ether oxygens (including phenoxy) is 1. The molecule has 0 radical (unpaired) electrons. The highest BCUT2D eigenvalue weighted by Crippen LogP contribution is 2.06. The Morgan fingerprint density at radius 3 is 2.83 bits per heavy atom. The van der Waals surface area contributed by atoms with Gasteiger partial charge in [-0.15, -0.1) is 0 Å². The van der Waals surface area contributed by atoms with Crippen LogP contribution in [0.25, 0.3) is 0 Å². The minimum absolute atomic E-state index is 0.723. The first-order valence-corrected chi connectivity index (χ1v) is 6.93. The van der Waals surface area contributed by atoms with Crippen molar-refractivity contribution in [2.45, 2.75) is 40.2 Å². The number of hydrogen-bond acceptors (Lipinski definition) is 3. The van der Waals surface area contributed by atoms with E-state index in [2.05, 4.69) is 37.4 Å². The number of nitrogens with one attached hydrogen (secondary N) is 1. The third-order valence-electron chi connectivity index (χ3n) is 2.90. The van der Waals surface area contributed by atoms with Crippen LogP contribution in [0.2, 0.25) is 0 Å². The number of hydrogen-bond donors (Lipinski definition) is 1. The second-order valence-corrected chi connectivity index (χ2v) is 5.10. The molecule has 1 heterocycles. The fourth-order valence-corrected chi connectivity index (χ4v) is 1.82. The zero-order valence-corrected chi connectivity index (χ0v) is 12.2. The van der Waals surface area contributed by atoms with Crippen molar-refractivity contribution >= 4 is 0 Å². The van der Waals surface area contributed by atoms with Gasteiger partial charge in [-0.1, -0.05) is 20.8 Å². The van der Waals surface area contributed by atoms with Crippen molar-refractivity contribution in [3.8, 4) is 0 Å². The molecule has 0 aliphatic carbocycles. The number of aromatic nitrogens is 2. The minimum atomic E-state index is 0.723. The molecular weight excluding hydrogens is 226 g/mol.